The number of anilines is 1. The maximum absolute atomic E-state index is 12.5. The summed E-state index contributed by atoms with van der Waals surface area (Å²) in [7, 11) is 2.09. The fraction of sp³-hybridized carbons (Fsp3) is 0.316. The molecule has 1 fully saturated rings. The number of nitrogens with zero attached hydrogens (tertiary/aromatic N) is 1. The van der Waals surface area contributed by atoms with Crippen LogP contribution in [0.3, 0.4) is 0 Å². The fourth-order valence-corrected chi connectivity index (χ4v) is 2.78. The van der Waals surface area contributed by atoms with Crippen LogP contribution in [0.15, 0.2) is 54.6 Å². The van der Waals surface area contributed by atoms with Gasteiger partial charge in [0, 0.05) is 5.92 Å². The van der Waals surface area contributed by atoms with Crippen molar-refractivity contribution in [1.82, 2.24) is 4.90 Å². The first-order valence-electron chi connectivity index (χ1n) is 8.04. The van der Waals surface area contributed by atoms with E-state index in [1.54, 1.807) is 0 Å². The highest BCUT2D eigenvalue weighted by Crippen LogP contribution is 2.30. The standard InChI is InChI=1S/C19H22N2O2/c1-21-13-11-15(12-14-21)19(22)20-17-9-5-6-10-18(17)23-16-7-3-2-4-8-16/h2-10,15H,11-14H2,1H3,(H,20,22). The van der Waals surface area contributed by atoms with Gasteiger partial charge in [-0.1, -0.05) is 30.3 Å². The van der Waals surface area contributed by atoms with Crippen LogP contribution < -0.4 is 10.1 Å². The van der Waals surface area contributed by atoms with Gasteiger partial charge in [0.05, 0.1) is 5.69 Å². The number of hydrogen-bond acceptors (Lipinski definition) is 3. The second kappa shape index (κ2) is 7.29. The molecule has 4 nitrogen and oxygen atoms in total. The van der Waals surface area contributed by atoms with Gasteiger partial charge in [-0.3, -0.25) is 4.79 Å². The third-order valence-electron chi connectivity index (χ3n) is 4.21. The number of benzene rings is 2. The fourth-order valence-electron chi connectivity index (χ4n) is 2.78. The molecule has 2 aromatic rings. The van der Waals surface area contributed by atoms with Gasteiger partial charge in [-0.15, -0.1) is 0 Å². The normalized spacial score (nSPS) is 16.0. The first-order chi connectivity index (χ1) is 11.2. The van der Waals surface area contributed by atoms with Crippen LogP contribution in [0.5, 0.6) is 11.5 Å². The van der Waals surface area contributed by atoms with E-state index in [1.165, 1.54) is 0 Å². The van der Waals surface area contributed by atoms with Crippen molar-refractivity contribution in [3.8, 4) is 11.5 Å². The number of carbonyl (C=O) groups is 1. The average molecular weight is 310 g/mol. The Kier molecular flexibility index (Phi) is 4.93. The molecular formula is C19H22N2O2. The van der Waals surface area contributed by atoms with Crippen LogP contribution in [0.2, 0.25) is 0 Å². The van der Waals surface area contributed by atoms with Crippen molar-refractivity contribution in [1.29, 1.82) is 0 Å². The third-order valence-corrected chi connectivity index (χ3v) is 4.21. The van der Waals surface area contributed by atoms with Gasteiger partial charge in [-0.25, -0.2) is 0 Å². The van der Waals surface area contributed by atoms with Crippen molar-refractivity contribution < 1.29 is 9.53 Å². The molecule has 2 aromatic carbocycles. The molecule has 0 saturated carbocycles. The molecule has 4 heteroatoms. The summed E-state index contributed by atoms with van der Waals surface area (Å²) in [4.78, 5) is 14.8. The molecule has 0 aromatic heterocycles. The molecule has 0 atom stereocenters. The topological polar surface area (TPSA) is 41.6 Å². The van der Waals surface area contributed by atoms with Gasteiger partial charge >= 0.3 is 0 Å². The lowest BCUT2D eigenvalue weighted by Crippen LogP contribution is -2.35. The van der Waals surface area contributed by atoms with Gasteiger partial charge in [-0.2, -0.15) is 0 Å². The molecule has 0 aliphatic carbocycles. The lowest BCUT2D eigenvalue weighted by molar-refractivity contribution is -0.121. The Labute approximate surface area is 137 Å². The van der Waals surface area contributed by atoms with Gasteiger partial charge in [0.1, 0.15) is 5.75 Å². The summed E-state index contributed by atoms with van der Waals surface area (Å²) in [6, 6.07) is 17.2. The van der Waals surface area contributed by atoms with Crippen LogP contribution in [0.25, 0.3) is 0 Å². The van der Waals surface area contributed by atoms with Crippen LogP contribution in [0, 0.1) is 5.92 Å². The molecule has 120 valence electrons. The van der Waals surface area contributed by atoms with E-state index in [0.29, 0.717) is 5.75 Å². The molecule has 1 N–H and O–H groups in total. The number of piperidine rings is 1. The van der Waals surface area contributed by atoms with Crippen LogP contribution in [-0.2, 0) is 4.79 Å². The first-order valence-corrected chi connectivity index (χ1v) is 8.04. The Balaban J connectivity index is 1.69. The van der Waals surface area contributed by atoms with E-state index < -0.39 is 0 Å². The highest BCUT2D eigenvalue weighted by molar-refractivity contribution is 5.94. The molecule has 1 heterocycles. The van der Waals surface area contributed by atoms with E-state index in [9.17, 15) is 4.79 Å². The quantitative estimate of drug-likeness (QED) is 0.935. The molecular weight excluding hydrogens is 288 g/mol. The maximum Gasteiger partial charge on any atom is 0.227 e. The molecule has 23 heavy (non-hydrogen) atoms. The van der Waals surface area contributed by atoms with E-state index in [1.807, 2.05) is 54.6 Å². The molecule has 1 saturated heterocycles. The summed E-state index contributed by atoms with van der Waals surface area (Å²) in [6.45, 7) is 1.94. The Morgan fingerprint density at radius 2 is 1.70 bits per heavy atom. The molecule has 1 aliphatic heterocycles. The van der Waals surface area contributed by atoms with Gasteiger partial charge in [-0.05, 0) is 57.2 Å². The Bertz CT molecular complexity index is 649. The SMILES string of the molecule is CN1CCC(C(=O)Nc2ccccc2Oc2ccccc2)CC1. The zero-order valence-corrected chi connectivity index (χ0v) is 13.4. The molecule has 1 amide bonds. The van der Waals surface area contributed by atoms with Gasteiger partial charge in [0.25, 0.3) is 0 Å². The van der Waals surface area contributed by atoms with Crippen LogP contribution in [0.1, 0.15) is 12.8 Å². The second-order valence-electron chi connectivity index (χ2n) is 5.98. The maximum atomic E-state index is 12.5. The lowest BCUT2D eigenvalue weighted by atomic mass is 9.96. The zero-order valence-electron chi connectivity index (χ0n) is 13.4. The minimum absolute atomic E-state index is 0.0796. The van der Waals surface area contributed by atoms with Crippen molar-refractivity contribution in [2.24, 2.45) is 5.92 Å². The van der Waals surface area contributed by atoms with Crippen molar-refractivity contribution in [3.05, 3.63) is 54.6 Å². The van der Waals surface area contributed by atoms with Crippen molar-refractivity contribution in [3.63, 3.8) is 0 Å². The van der Waals surface area contributed by atoms with E-state index >= 15 is 0 Å². The summed E-state index contributed by atoms with van der Waals surface area (Å²) in [6.07, 6.45) is 1.81. The molecule has 0 unspecified atom stereocenters. The van der Waals surface area contributed by atoms with E-state index in [-0.39, 0.29) is 11.8 Å². The first kappa shape index (κ1) is 15.6. The Morgan fingerprint density at radius 3 is 2.43 bits per heavy atom. The predicted molar refractivity (Wildman–Crippen MR) is 91.8 cm³/mol. The minimum Gasteiger partial charge on any atom is -0.455 e. The van der Waals surface area contributed by atoms with Crippen LogP contribution >= 0.6 is 0 Å². The molecule has 0 radical (unpaired) electrons. The zero-order chi connectivity index (χ0) is 16.1. The van der Waals surface area contributed by atoms with Crippen LogP contribution in [0.4, 0.5) is 5.69 Å². The number of likely N-dealkylation sites (tertiary alicyclic amines) is 1. The van der Waals surface area contributed by atoms with E-state index in [4.69, 9.17) is 4.74 Å². The number of nitrogens with one attached hydrogen (secondary N) is 1. The van der Waals surface area contributed by atoms with Crippen molar-refractivity contribution in [2.75, 3.05) is 25.5 Å². The second-order valence-corrected chi connectivity index (χ2v) is 5.98. The molecule has 3 rings (SSSR count). The van der Waals surface area contributed by atoms with E-state index in [0.717, 1.165) is 37.4 Å². The highest BCUT2D eigenvalue weighted by atomic mass is 16.5. The minimum atomic E-state index is 0.0796. The predicted octanol–water partition coefficient (Wildman–Crippen LogP) is 3.76. The summed E-state index contributed by atoms with van der Waals surface area (Å²) >= 11 is 0. The van der Waals surface area contributed by atoms with Gasteiger partial charge < -0.3 is 15.0 Å². The number of carbonyl (C=O) groups excluding carboxylic acids is 1. The number of amides is 1. The Hall–Kier alpha value is -2.33. The molecule has 0 spiro atoms. The van der Waals surface area contributed by atoms with Gasteiger partial charge in [0.15, 0.2) is 5.75 Å². The lowest BCUT2D eigenvalue weighted by Gasteiger charge is -2.28. The van der Waals surface area contributed by atoms with Gasteiger partial charge in [0.2, 0.25) is 5.91 Å². The number of para-hydroxylation sites is 3. The van der Waals surface area contributed by atoms with Crippen molar-refractivity contribution >= 4 is 11.6 Å². The van der Waals surface area contributed by atoms with E-state index in [2.05, 4.69) is 17.3 Å². The van der Waals surface area contributed by atoms with Crippen molar-refractivity contribution in [2.45, 2.75) is 12.8 Å². The summed E-state index contributed by atoms with van der Waals surface area (Å²) in [5, 5.41) is 3.03. The number of rotatable bonds is 4. The molecule has 1 aliphatic rings. The smallest absolute Gasteiger partial charge is 0.227 e. The molecule has 0 bridgehead atoms. The summed E-state index contributed by atoms with van der Waals surface area (Å²) in [5.41, 5.74) is 0.722. The average Bonchev–Trinajstić information content (AvgIpc) is 2.58. The number of hydrogen-bond donors (Lipinski definition) is 1. The Morgan fingerprint density at radius 1 is 1.04 bits per heavy atom. The monoisotopic (exact) mass is 310 g/mol. The highest BCUT2D eigenvalue weighted by Gasteiger charge is 2.24. The number of ether oxygens (including phenoxy) is 1. The largest absolute Gasteiger partial charge is 0.455 e. The van der Waals surface area contributed by atoms with Crippen LogP contribution in [-0.4, -0.2) is 30.9 Å². The summed E-state index contributed by atoms with van der Waals surface area (Å²) < 4.78 is 5.89. The third kappa shape index (κ3) is 4.11. The summed E-state index contributed by atoms with van der Waals surface area (Å²) in [5.74, 6) is 1.59.